The molecule has 0 atom stereocenters. The predicted molar refractivity (Wildman–Crippen MR) is 170 cm³/mol. The van der Waals surface area contributed by atoms with Crippen LogP contribution in [0.5, 0.6) is 0 Å². The summed E-state index contributed by atoms with van der Waals surface area (Å²) >= 11 is 0. The number of benzene rings is 6. The molecule has 8 aromatic rings. The van der Waals surface area contributed by atoms with Crippen LogP contribution >= 0.6 is 0 Å². The maximum atomic E-state index is 13.6. The highest BCUT2D eigenvalue weighted by Crippen LogP contribution is 2.63. The number of imidazole rings is 1. The molecule has 4 nitrogen and oxygen atoms in total. The molecule has 2 heterocycles. The van der Waals surface area contributed by atoms with Gasteiger partial charge in [0.15, 0.2) is 0 Å². The third-order valence-electron chi connectivity index (χ3n) is 9.48. The summed E-state index contributed by atoms with van der Waals surface area (Å²) in [5.41, 5.74) is 13.9. The molecule has 0 radical (unpaired) electrons. The largest absolute Gasteiger partial charge is 0.424 e. The monoisotopic (exact) mass is 550 g/mol. The number of rotatable bonds is 1. The van der Waals surface area contributed by atoms with Gasteiger partial charge in [0.25, 0.3) is 5.56 Å². The van der Waals surface area contributed by atoms with Gasteiger partial charge in [0, 0.05) is 0 Å². The molecule has 0 amide bonds. The van der Waals surface area contributed by atoms with E-state index in [1.54, 1.807) is 16.5 Å². The third kappa shape index (κ3) is 2.71. The molecule has 4 heteroatoms. The fourth-order valence-electron chi connectivity index (χ4n) is 7.82. The van der Waals surface area contributed by atoms with Crippen molar-refractivity contribution in [3.8, 4) is 33.4 Å². The lowest BCUT2D eigenvalue weighted by molar-refractivity contribution is 0.616. The Morgan fingerprint density at radius 1 is 0.581 bits per heavy atom. The maximum absolute atomic E-state index is 13.6. The lowest BCUT2D eigenvalue weighted by Gasteiger charge is -2.30. The molecule has 0 aliphatic heterocycles. The molecule has 0 unspecified atom stereocenters. The van der Waals surface area contributed by atoms with E-state index in [1.165, 1.54) is 44.5 Å². The zero-order valence-corrected chi connectivity index (χ0v) is 22.9. The van der Waals surface area contributed by atoms with E-state index in [2.05, 4.69) is 108 Å². The first-order chi connectivity index (χ1) is 21.2. The zero-order chi connectivity index (χ0) is 28.3. The summed E-state index contributed by atoms with van der Waals surface area (Å²) in [6.07, 6.45) is 0. The summed E-state index contributed by atoms with van der Waals surface area (Å²) in [4.78, 5) is 18.3. The molecule has 6 aromatic carbocycles. The summed E-state index contributed by atoms with van der Waals surface area (Å²) < 4.78 is 7.66. The second-order valence-electron chi connectivity index (χ2n) is 11.5. The van der Waals surface area contributed by atoms with Gasteiger partial charge in [0.2, 0.25) is 0 Å². The Kier molecular flexibility index (Phi) is 4.24. The van der Waals surface area contributed by atoms with Gasteiger partial charge < -0.3 is 4.42 Å². The lowest BCUT2D eigenvalue weighted by Crippen LogP contribution is -2.25. The van der Waals surface area contributed by atoms with Crippen molar-refractivity contribution in [2.75, 3.05) is 0 Å². The van der Waals surface area contributed by atoms with Crippen LogP contribution in [0.4, 0.5) is 0 Å². The topological polar surface area (TPSA) is 47.5 Å². The Balaban J connectivity index is 1.29. The Labute approximate surface area is 246 Å². The summed E-state index contributed by atoms with van der Waals surface area (Å²) in [6, 6.07) is 46.7. The molecule has 43 heavy (non-hydrogen) atoms. The van der Waals surface area contributed by atoms with Crippen LogP contribution in [0.1, 0.15) is 22.3 Å². The minimum absolute atomic E-state index is 0.127. The van der Waals surface area contributed by atoms with Crippen molar-refractivity contribution < 1.29 is 4.42 Å². The number of para-hydroxylation sites is 1. The quantitative estimate of drug-likeness (QED) is 0.206. The minimum Gasteiger partial charge on any atom is -0.424 e. The van der Waals surface area contributed by atoms with Gasteiger partial charge in [-0.25, -0.2) is 4.40 Å². The molecule has 0 fully saturated rings. The molecule has 10 rings (SSSR count). The molecule has 200 valence electrons. The number of nitrogens with zero attached hydrogens (tertiary/aromatic N) is 2. The van der Waals surface area contributed by atoms with Crippen LogP contribution < -0.4 is 5.56 Å². The number of hydrogen-bond donors (Lipinski definition) is 0. The second kappa shape index (κ2) is 7.96. The molecule has 0 N–H and O–H groups in total. The number of hydrogen-bond acceptors (Lipinski definition) is 3. The first kappa shape index (κ1) is 22.9. The van der Waals surface area contributed by atoms with E-state index in [-0.39, 0.29) is 5.56 Å². The van der Waals surface area contributed by atoms with Crippen molar-refractivity contribution in [3.63, 3.8) is 0 Å². The SMILES string of the molecule is O=c1c2ccccc2oc2nc3ccc(-c4cccc5c4-c4ccccc4C54c5ccccc5-c5ccccc54)cc3n12. The van der Waals surface area contributed by atoms with E-state index in [0.717, 1.165) is 22.2 Å². The van der Waals surface area contributed by atoms with Crippen LogP contribution in [0, 0.1) is 0 Å². The van der Waals surface area contributed by atoms with Crippen LogP contribution in [0.2, 0.25) is 0 Å². The van der Waals surface area contributed by atoms with E-state index < -0.39 is 5.41 Å². The van der Waals surface area contributed by atoms with Crippen LogP contribution in [0.15, 0.2) is 143 Å². The normalized spacial score (nSPS) is 13.9. The van der Waals surface area contributed by atoms with Crippen molar-refractivity contribution in [3.05, 3.63) is 166 Å². The number of aromatic nitrogens is 2. The molecule has 2 aromatic heterocycles. The first-order valence-corrected chi connectivity index (χ1v) is 14.5. The Morgan fingerprint density at radius 3 is 1.95 bits per heavy atom. The summed E-state index contributed by atoms with van der Waals surface area (Å²) in [7, 11) is 0. The fraction of sp³-hybridized carbons (Fsp3) is 0.0256. The summed E-state index contributed by atoms with van der Waals surface area (Å²) in [5.74, 6) is 0.303. The molecule has 0 bridgehead atoms. The van der Waals surface area contributed by atoms with E-state index in [9.17, 15) is 4.79 Å². The fourth-order valence-corrected chi connectivity index (χ4v) is 7.82. The van der Waals surface area contributed by atoms with Crippen molar-refractivity contribution >= 4 is 27.8 Å². The van der Waals surface area contributed by atoms with Gasteiger partial charge in [-0.15, -0.1) is 0 Å². The van der Waals surface area contributed by atoms with Gasteiger partial charge in [0.1, 0.15) is 5.58 Å². The average molecular weight is 551 g/mol. The Bertz CT molecular complexity index is 2510. The Morgan fingerprint density at radius 2 is 1.19 bits per heavy atom. The average Bonchev–Trinajstić information content (AvgIpc) is 3.68. The van der Waals surface area contributed by atoms with Gasteiger partial charge in [-0.3, -0.25) is 4.79 Å². The predicted octanol–water partition coefficient (Wildman–Crippen LogP) is 8.60. The molecular formula is C39H22N2O2. The highest BCUT2D eigenvalue weighted by molar-refractivity contribution is 6.00. The minimum atomic E-state index is -0.400. The van der Waals surface area contributed by atoms with Gasteiger partial charge in [0.05, 0.1) is 21.8 Å². The van der Waals surface area contributed by atoms with E-state index in [0.29, 0.717) is 16.8 Å². The van der Waals surface area contributed by atoms with Crippen molar-refractivity contribution in [2.24, 2.45) is 0 Å². The molecule has 0 saturated carbocycles. The van der Waals surface area contributed by atoms with E-state index >= 15 is 0 Å². The smallest absolute Gasteiger partial charge is 0.310 e. The first-order valence-electron chi connectivity index (χ1n) is 14.5. The zero-order valence-electron chi connectivity index (χ0n) is 22.9. The second-order valence-corrected chi connectivity index (χ2v) is 11.5. The summed E-state index contributed by atoms with van der Waals surface area (Å²) in [5, 5.41) is 0.537. The lowest BCUT2D eigenvalue weighted by atomic mass is 9.70. The van der Waals surface area contributed by atoms with Crippen LogP contribution in [0.3, 0.4) is 0 Å². The van der Waals surface area contributed by atoms with E-state index in [1.807, 2.05) is 18.2 Å². The van der Waals surface area contributed by atoms with Crippen molar-refractivity contribution in [1.29, 1.82) is 0 Å². The highest BCUT2D eigenvalue weighted by atomic mass is 16.3. The van der Waals surface area contributed by atoms with Crippen molar-refractivity contribution in [1.82, 2.24) is 9.38 Å². The summed E-state index contributed by atoms with van der Waals surface area (Å²) in [6.45, 7) is 0. The van der Waals surface area contributed by atoms with E-state index in [4.69, 9.17) is 4.42 Å². The molecule has 2 aliphatic rings. The maximum Gasteiger partial charge on any atom is 0.310 e. The van der Waals surface area contributed by atoms with Gasteiger partial charge in [-0.2, -0.15) is 4.98 Å². The van der Waals surface area contributed by atoms with Crippen LogP contribution in [-0.4, -0.2) is 9.38 Å². The highest BCUT2D eigenvalue weighted by Gasteiger charge is 2.51. The van der Waals surface area contributed by atoms with Gasteiger partial charge >= 0.3 is 5.84 Å². The molecule has 2 aliphatic carbocycles. The van der Waals surface area contributed by atoms with Gasteiger partial charge in [-0.1, -0.05) is 109 Å². The van der Waals surface area contributed by atoms with Crippen molar-refractivity contribution in [2.45, 2.75) is 5.41 Å². The van der Waals surface area contributed by atoms with Crippen LogP contribution in [0.25, 0.3) is 61.2 Å². The van der Waals surface area contributed by atoms with Gasteiger partial charge in [-0.05, 0) is 79.9 Å². The molecule has 1 spiro atoms. The third-order valence-corrected chi connectivity index (χ3v) is 9.48. The number of fused-ring (bicyclic) bond motifs is 14. The molecular weight excluding hydrogens is 528 g/mol. The molecule has 0 saturated heterocycles. The van der Waals surface area contributed by atoms with Crippen LogP contribution in [-0.2, 0) is 5.41 Å². The standard InChI is InChI=1S/C39H22N2O2/c42-37-28-13-4-8-19-35(28)43-38-40-33-21-20-23(22-34(33)41(37)38)24-14-9-18-32-36(24)27-12-3-7-17-31(27)39(32)29-15-5-1-10-25(29)26-11-2-6-16-30(26)39/h1-22H. The Hall–Kier alpha value is -5.74.